The van der Waals surface area contributed by atoms with E-state index < -0.39 is 0 Å². The Morgan fingerprint density at radius 2 is 2.07 bits per heavy atom. The van der Waals surface area contributed by atoms with Crippen molar-refractivity contribution in [2.24, 2.45) is 0 Å². The van der Waals surface area contributed by atoms with Gasteiger partial charge in [0.1, 0.15) is 10.9 Å². The summed E-state index contributed by atoms with van der Waals surface area (Å²) in [7, 11) is 1.64. The summed E-state index contributed by atoms with van der Waals surface area (Å²) in [4.78, 5) is 23.8. The van der Waals surface area contributed by atoms with Crippen LogP contribution in [0.5, 0.6) is 5.75 Å². The fourth-order valence-corrected chi connectivity index (χ4v) is 4.04. The summed E-state index contributed by atoms with van der Waals surface area (Å²) in [5.74, 6) is 0.753. The minimum absolute atomic E-state index is 0.0122. The Bertz CT molecular complexity index is 988. The molecule has 1 saturated carbocycles. The van der Waals surface area contributed by atoms with Gasteiger partial charge < -0.3 is 9.64 Å². The number of carbonyl (C=O) groups excluding carboxylic acids is 1. The number of rotatable bonds is 5. The standard InChI is InChI=1S/C22H22ClN3O2/c1-28-19-8-9-20-16(12-19)11-17(21(23)25-20)14-26(18-6-2-3-7-18)22(27)15-5-4-10-24-13-15/h4-5,8-13,18H,2-3,6-7,14H2,1H3. The summed E-state index contributed by atoms with van der Waals surface area (Å²) < 4.78 is 5.32. The van der Waals surface area contributed by atoms with E-state index in [1.807, 2.05) is 35.2 Å². The average Bonchev–Trinajstić information content (AvgIpc) is 3.26. The molecule has 2 heterocycles. The van der Waals surface area contributed by atoms with Crippen molar-refractivity contribution in [2.45, 2.75) is 38.3 Å². The van der Waals surface area contributed by atoms with E-state index in [9.17, 15) is 4.79 Å². The van der Waals surface area contributed by atoms with Crippen molar-refractivity contribution >= 4 is 28.4 Å². The number of fused-ring (bicyclic) bond motifs is 1. The molecule has 1 fully saturated rings. The molecule has 6 heteroatoms. The van der Waals surface area contributed by atoms with E-state index in [0.717, 1.165) is 47.9 Å². The molecule has 144 valence electrons. The van der Waals surface area contributed by atoms with Crippen molar-refractivity contribution in [3.8, 4) is 5.75 Å². The quantitative estimate of drug-likeness (QED) is 0.578. The second-order valence-electron chi connectivity index (χ2n) is 7.11. The highest BCUT2D eigenvalue weighted by Gasteiger charge is 2.28. The Hall–Kier alpha value is -2.66. The van der Waals surface area contributed by atoms with Crippen LogP contribution in [-0.2, 0) is 6.54 Å². The monoisotopic (exact) mass is 395 g/mol. The lowest BCUT2D eigenvalue weighted by Crippen LogP contribution is -2.38. The second kappa shape index (κ2) is 8.15. The highest BCUT2D eigenvalue weighted by Crippen LogP contribution is 2.30. The first-order valence-corrected chi connectivity index (χ1v) is 9.87. The number of nitrogens with zero attached hydrogens (tertiary/aromatic N) is 3. The number of halogens is 1. The van der Waals surface area contributed by atoms with Crippen LogP contribution in [0.3, 0.4) is 0 Å². The third kappa shape index (κ3) is 3.80. The van der Waals surface area contributed by atoms with Gasteiger partial charge in [-0.15, -0.1) is 0 Å². The van der Waals surface area contributed by atoms with Gasteiger partial charge in [-0.1, -0.05) is 24.4 Å². The van der Waals surface area contributed by atoms with Gasteiger partial charge in [-0.05, 0) is 49.2 Å². The lowest BCUT2D eigenvalue weighted by atomic mass is 10.1. The van der Waals surface area contributed by atoms with Crippen molar-refractivity contribution in [3.63, 3.8) is 0 Å². The summed E-state index contributed by atoms with van der Waals surface area (Å²) in [6, 6.07) is 11.5. The molecule has 0 bridgehead atoms. The number of methoxy groups -OCH3 is 1. The van der Waals surface area contributed by atoms with Crippen LogP contribution in [0.4, 0.5) is 0 Å². The Morgan fingerprint density at radius 1 is 1.25 bits per heavy atom. The fourth-order valence-electron chi connectivity index (χ4n) is 3.83. The van der Waals surface area contributed by atoms with Gasteiger partial charge in [0, 0.05) is 35.9 Å². The third-order valence-corrected chi connectivity index (χ3v) is 5.65. The highest BCUT2D eigenvalue weighted by atomic mass is 35.5. The van der Waals surface area contributed by atoms with Crippen LogP contribution in [-0.4, -0.2) is 33.9 Å². The molecule has 0 spiro atoms. The first kappa shape index (κ1) is 18.7. The fraction of sp³-hybridized carbons (Fsp3) is 0.318. The Balaban J connectivity index is 1.69. The number of amides is 1. The van der Waals surface area contributed by atoms with E-state index in [-0.39, 0.29) is 11.9 Å². The molecule has 0 unspecified atom stereocenters. The Kier molecular flexibility index (Phi) is 5.44. The maximum absolute atomic E-state index is 13.2. The highest BCUT2D eigenvalue weighted by molar-refractivity contribution is 6.30. The number of aromatic nitrogens is 2. The SMILES string of the molecule is COc1ccc2nc(Cl)c(CN(C(=O)c3cccnc3)C3CCCC3)cc2c1. The molecule has 4 rings (SSSR count). The predicted octanol–water partition coefficient (Wildman–Crippen LogP) is 4.88. The van der Waals surface area contributed by atoms with Gasteiger partial charge in [0.15, 0.2) is 0 Å². The first-order valence-electron chi connectivity index (χ1n) is 9.50. The number of ether oxygens (including phenoxy) is 1. The molecule has 0 N–H and O–H groups in total. The molecule has 3 aromatic rings. The minimum atomic E-state index is -0.0122. The van der Waals surface area contributed by atoms with Gasteiger partial charge in [-0.25, -0.2) is 4.98 Å². The molecule has 28 heavy (non-hydrogen) atoms. The van der Waals surface area contributed by atoms with Crippen LogP contribution in [0.25, 0.3) is 10.9 Å². The maximum atomic E-state index is 13.2. The molecule has 0 saturated heterocycles. The van der Waals surface area contributed by atoms with Crippen LogP contribution in [0.1, 0.15) is 41.6 Å². The number of hydrogen-bond donors (Lipinski definition) is 0. The van der Waals surface area contributed by atoms with Crippen LogP contribution < -0.4 is 4.74 Å². The second-order valence-corrected chi connectivity index (χ2v) is 7.47. The van der Waals surface area contributed by atoms with Crippen LogP contribution in [0.2, 0.25) is 5.15 Å². The Morgan fingerprint density at radius 3 is 2.79 bits per heavy atom. The largest absolute Gasteiger partial charge is 0.497 e. The molecule has 2 aromatic heterocycles. The lowest BCUT2D eigenvalue weighted by Gasteiger charge is -2.29. The number of hydrogen-bond acceptors (Lipinski definition) is 4. The zero-order valence-electron chi connectivity index (χ0n) is 15.8. The van der Waals surface area contributed by atoms with E-state index in [1.54, 1.807) is 25.6 Å². The van der Waals surface area contributed by atoms with Crippen molar-refractivity contribution in [2.75, 3.05) is 7.11 Å². The van der Waals surface area contributed by atoms with E-state index in [2.05, 4.69) is 9.97 Å². The van der Waals surface area contributed by atoms with E-state index in [0.29, 0.717) is 17.3 Å². The van der Waals surface area contributed by atoms with Crippen molar-refractivity contribution in [1.29, 1.82) is 0 Å². The predicted molar refractivity (Wildman–Crippen MR) is 110 cm³/mol. The van der Waals surface area contributed by atoms with Crippen molar-refractivity contribution in [3.05, 3.63) is 65.1 Å². The summed E-state index contributed by atoms with van der Waals surface area (Å²) >= 11 is 6.49. The van der Waals surface area contributed by atoms with Crippen molar-refractivity contribution in [1.82, 2.24) is 14.9 Å². The van der Waals surface area contributed by atoms with Gasteiger partial charge in [0.05, 0.1) is 18.2 Å². The van der Waals surface area contributed by atoms with Crippen LogP contribution >= 0.6 is 11.6 Å². The van der Waals surface area contributed by atoms with Crippen molar-refractivity contribution < 1.29 is 9.53 Å². The molecule has 0 aliphatic heterocycles. The number of carbonyl (C=O) groups is 1. The van der Waals surface area contributed by atoms with Gasteiger partial charge in [0.25, 0.3) is 5.91 Å². The summed E-state index contributed by atoms with van der Waals surface area (Å²) in [6.45, 7) is 0.428. The topological polar surface area (TPSA) is 55.3 Å². The molecule has 0 radical (unpaired) electrons. The van der Waals surface area contributed by atoms with Gasteiger partial charge in [-0.3, -0.25) is 9.78 Å². The first-order chi connectivity index (χ1) is 13.7. The summed E-state index contributed by atoms with van der Waals surface area (Å²) in [5.41, 5.74) is 2.24. The van der Waals surface area contributed by atoms with Crippen LogP contribution in [0, 0.1) is 0 Å². The van der Waals surface area contributed by atoms with Crippen LogP contribution in [0.15, 0.2) is 48.8 Å². The number of pyridine rings is 2. The zero-order valence-corrected chi connectivity index (χ0v) is 16.5. The molecule has 1 aliphatic rings. The van der Waals surface area contributed by atoms with Gasteiger partial charge in [-0.2, -0.15) is 0 Å². The molecule has 1 aliphatic carbocycles. The third-order valence-electron chi connectivity index (χ3n) is 5.32. The lowest BCUT2D eigenvalue weighted by molar-refractivity contribution is 0.0664. The molecular weight excluding hydrogens is 374 g/mol. The van der Waals surface area contributed by atoms with E-state index in [4.69, 9.17) is 16.3 Å². The summed E-state index contributed by atoms with van der Waals surface area (Å²) in [6.07, 6.45) is 7.60. The molecule has 1 amide bonds. The normalized spacial score (nSPS) is 14.4. The van der Waals surface area contributed by atoms with Gasteiger partial charge >= 0.3 is 0 Å². The van der Waals surface area contributed by atoms with Gasteiger partial charge in [0.2, 0.25) is 0 Å². The molecule has 0 atom stereocenters. The minimum Gasteiger partial charge on any atom is -0.497 e. The maximum Gasteiger partial charge on any atom is 0.255 e. The molecule has 5 nitrogen and oxygen atoms in total. The average molecular weight is 396 g/mol. The Labute approximate surface area is 169 Å². The smallest absolute Gasteiger partial charge is 0.255 e. The molecular formula is C22H22ClN3O2. The molecule has 1 aromatic carbocycles. The zero-order chi connectivity index (χ0) is 19.5. The summed E-state index contributed by atoms with van der Waals surface area (Å²) in [5, 5.41) is 1.37. The van der Waals surface area contributed by atoms with E-state index >= 15 is 0 Å². The van der Waals surface area contributed by atoms with E-state index in [1.165, 1.54) is 0 Å². The number of benzene rings is 1.